The van der Waals surface area contributed by atoms with Crippen molar-refractivity contribution in [2.24, 2.45) is 5.73 Å². The fraction of sp³-hybridized carbons (Fsp3) is 0.467. The lowest BCUT2D eigenvalue weighted by Gasteiger charge is -2.19. The maximum Gasteiger partial charge on any atom is 0.344 e. The highest BCUT2D eigenvalue weighted by Crippen LogP contribution is 2.19. The van der Waals surface area contributed by atoms with E-state index in [0.29, 0.717) is 11.5 Å². The van der Waals surface area contributed by atoms with E-state index >= 15 is 0 Å². The van der Waals surface area contributed by atoms with E-state index in [1.54, 1.807) is 45.0 Å². The van der Waals surface area contributed by atoms with Gasteiger partial charge >= 0.3 is 11.9 Å². The first-order valence-electron chi connectivity index (χ1n) is 6.80. The van der Waals surface area contributed by atoms with Gasteiger partial charge in [-0.1, -0.05) is 8.58 Å². The summed E-state index contributed by atoms with van der Waals surface area (Å²) in [7, 11) is 0.280. The lowest BCUT2D eigenvalue weighted by atomic mass is 10.2. The van der Waals surface area contributed by atoms with Crippen LogP contribution in [-0.2, 0) is 14.3 Å². The molecule has 0 saturated heterocycles. The third-order valence-electron chi connectivity index (χ3n) is 2.38. The van der Waals surface area contributed by atoms with Crippen LogP contribution < -0.4 is 15.2 Å². The monoisotopic (exact) mass is 327 g/mol. The molecule has 0 fully saturated rings. The van der Waals surface area contributed by atoms with Gasteiger partial charge in [0.25, 0.3) is 0 Å². The molecule has 0 radical (unpaired) electrons. The highest BCUT2D eigenvalue weighted by Gasteiger charge is 2.17. The molecule has 2 atom stereocenters. The molecule has 0 aromatic heterocycles. The van der Waals surface area contributed by atoms with Crippen molar-refractivity contribution in [3.8, 4) is 11.5 Å². The minimum Gasteiger partial charge on any atom is -0.482 e. The molecule has 0 aliphatic heterocycles. The molecule has 0 spiro atoms. The van der Waals surface area contributed by atoms with Gasteiger partial charge in [0.1, 0.15) is 22.9 Å². The molecule has 1 aromatic carbocycles. The van der Waals surface area contributed by atoms with Crippen LogP contribution in [0.3, 0.4) is 0 Å². The molecule has 0 bridgehead atoms. The maximum atomic E-state index is 11.5. The highest BCUT2D eigenvalue weighted by molar-refractivity contribution is 7.39. The molecule has 7 heteroatoms. The number of carbonyl (C=O) groups is 2. The Kier molecular flexibility index (Phi) is 6.78. The van der Waals surface area contributed by atoms with Crippen LogP contribution >= 0.6 is 8.58 Å². The maximum absolute atomic E-state index is 11.5. The summed E-state index contributed by atoms with van der Waals surface area (Å²) < 4.78 is 15.5. The number of carbonyl (C=O) groups excluding carboxylic acids is 2. The van der Waals surface area contributed by atoms with Crippen LogP contribution in [-0.4, -0.2) is 36.6 Å². The predicted octanol–water partition coefficient (Wildman–Crippen LogP) is 1.91. The van der Waals surface area contributed by atoms with Crippen molar-refractivity contribution in [1.29, 1.82) is 0 Å². The van der Waals surface area contributed by atoms with Gasteiger partial charge in [-0.3, -0.25) is 0 Å². The lowest BCUT2D eigenvalue weighted by molar-refractivity contribution is -0.157. The van der Waals surface area contributed by atoms with Gasteiger partial charge in [-0.05, 0) is 51.7 Å². The first-order chi connectivity index (χ1) is 10.2. The normalized spacial score (nSPS) is 13.0. The van der Waals surface area contributed by atoms with Crippen molar-refractivity contribution in [2.45, 2.75) is 32.2 Å². The summed E-state index contributed by atoms with van der Waals surface area (Å²) in [6, 6.07) is 6.36. The average Bonchev–Trinajstić information content (AvgIpc) is 2.43. The molecular formula is C15H22NO5P. The van der Waals surface area contributed by atoms with E-state index in [0.717, 1.165) is 0 Å². The van der Waals surface area contributed by atoms with Crippen LogP contribution in [0.4, 0.5) is 0 Å². The second kappa shape index (κ2) is 8.11. The van der Waals surface area contributed by atoms with Gasteiger partial charge in [0, 0.05) is 0 Å². The molecule has 0 saturated carbocycles. The van der Waals surface area contributed by atoms with E-state index in [4.69, 9.17) is 19.9 Å². The third kappa shape index (κ3) is 6.87. The van der Waals surface area contributed by atoms with Crippen molar-refractivity contribution in [3.05, 3.63) is 24.3 Å². The summed E-state index contributed by atoms with van der Waals surface area (Å²) >= 11 is 0. The van der Waals surface area contributed by atoms with Crippen molar-refractivity contribution < 1.29 is 23.8 Å². The molecule has 0 heterocycles. The van der Waals surface area contributed by atoms with Gasteiger partial charge in [0.05, 0.1) is 0 Å². The van der Waals surface area contributed by atoms with Crippen molar-refractivity contribution in [1.82, 2.24) is 0 Å². The minimum absolute atomic E-state index is 0.182. The number of benzene rings is 1. The van der Waals surface area contributed by atoms with Gasteiger partial charge < -0.3 is 19.9 Å². The Labute approximate surface area is 132 Å². The van der Waals surface area contributed by atoms with Gasteiger partial charge in [-0.15, -0.1) is 0 Å². The summed E-state index contributed by atoms with van der Waals surface area (Å²) in [5.74, 6) is -0.667. The number of nitrogens with two attached hydrogens (primary N) is 1. The van der Waals surface area contributed by atoms with E-state index in [1.807, 2.05) is 6.66 Å². The molecule has 0 aliphatic carbocycles. The van der Waals surface area contributed by atoms with Gasteiger partial charge in [0.15, 0.2) is 6.61 Å². The van der Waals surface area contributed by atoms with E-state index < -0.39 is 23.3 Å². The van der Waals surface area contributed by atoms with Crippen LogP contribution in [0.2, 0.25) is 0 Å². The predicted molar refractivity (Wildman–Crippen MR) is 85.6 cm³/mol. The lowest BCUT2D eigenvalue weighted by Crippen LogP contribution is -2.29. The van der Waals surface area contributed by atoms with E-state index in [2.05, 4.69) is 0 Å². The fourth-order valence-electron chi connectivity index (χ4n) is 1.41. The number of esters is 2. The Morgan fingerprint density at radius 1 is 1.18 bits per heavy atom. The second-order valence-electron chi connectivity index (χ2n) is 5.53. The standard InChI is InChI=1S/C15H22NO5P/c1-15(2,3)21-12(17)9-19-10-5-7-11(8-6-10)20-14(18)13(16)22-4/h5-8,13,22H,9,16H2,1-4H3. The number of ether oxygens (including phenoxy) is 3. The minimum atomic E-state index is -0.608. The summed E-state index contributed by atoms with van der Waals surface area (Å²) in [6.45, 7) is 7.01. The Morgan fingerprint density at radius 2 is 1.73 bits per heavy atom. The average molecular weight is 327 g/mol. The van der Waals surface area contributed by atoms with Gasteiger partial charge in [-0.2, -0.15) is 0 Å². The first kappa shape index (κ1) is 18.4. The third-order valence-corrected chi connectivity index (χ3v) is 3.24. The van der Waals surface area contributed by atoms with Gasteiger partial charge in [-0.25, -0.2) is 9.59 Å². The molecule has 2 N–H and O–H groups in total. The Morgan fingerprint density at radius 3 is 2.23 bits per heavy atom. The first-order valence-corrected chi connectivity index (χ1v) is 8.38. The SMILES string of the molecule is CPC(N)C(=O)Oc1ccc(OCC(=O)OC(C)(C)C)cc1. The van der Waals surface area contributed by atoms with Crippen molar-refractivity contribution in [2.75, 3.05) is 13.3 Å². The van der Waals surface area contributed by atoms with Crippen molar-refractivity contribution >= 4 is 20.5 Å². The second-order valence-corrected chi connectivity index (χ2v) is 6.73. The Balaban J connectivity index is 2.48. The Bertz CT molecular complexity index is 510. The molecule has 22 heavy (non-hydrogen) atoms. The van der Waals surface area contributed by atoms with Crippen molar-refractivity contribution in [3.63, 3.8) is 0 Å². The zero-order valence-electron chi connectivity index (χ0n) is 13.2. The molecule has 0 aliphatic rings. The van der Waals surface area contributed by atoms with E-state index in [1.165, 1.54) is 0 Å². The van der Waals surface area contributed by atoms with Crippen LogP contribution in [0.25, 0.3) is 0 Å². The zero-order valence-corrected chi connectivity index (χ0v) is 14.2. The number of rotatable bonds is 6. The van der Waals surface area contributed by atoms with E-state index in [9.17, 15) is 9.59 Å². The topological polar surface area (TPSA) is 87.9 Å². The summed E-state index contributed by atoms with van der Waals surface area (Å²) in [6.07, 6.45) is 0. The molecule has 2 unspecified atom stereocenters. The molecule has 1 aromatic rings. The zero-order chi connectivity index (χ0) is 16.8. The molecule has 6 nitrogen and oxygen atoms in total. The summed E-state index contributed by atoms with van der Waals surface area (Å²) in [5.41, 5.74) is 5.04. The van der Waals surface area contributed by atoms with Crippen LogP contribution in [0.1, 0.15) is 20.8 Å². The largest absolute Gasteiger partial charge is 0.482 e. The van der Waals surface area contributed by atoms with Crippen LogP contribution in [0.5, 0.6) is 11.5 Å². The number of hydrogen-bond acceptors (Lipinski definition) is 6. The summed E-state index contributed by atoms with van der Waals surface area (Å²) in [5, 5.41) is 0. The summed E-state index contributed by atoms with van der Waals surface area (Å²) in [4.78, 5) is 23.1. The van der Waals surface area contributed by atoms with E-state index in [-0.39, 0.29) is 15.2 Å². The smallest absolute Gasteiger partial charge is 0.344 e. The van der Waals surface area contributed by atoms with Crippen LogP contribution in [0.15, 0.2) is 24.3 Å². The molecule has 0 amide bonds. The van der Waals surface area contributed by atoms with Gasteiger partial charge in [0.2, 0.25) is 0 Å². The Hall–Kier alpha value is -1.65. The molecule has 1 rings (SSSR count). The highest BCUT2D eigenvalue weighted by atomic mass is 31.1. The van der Waals surface area contributed by atoms with Crippen LogP contribution in [0, 0.1) is 0 Å². The molecular weight excluding hydrogens is 305 g/mol. The molecule has 122 valence electrons. The number of hydrogen-bond donors (Lipinski definition) is 1. The quantitative estimate of drug-likeness (QED) is 0.488. The fourth-order valence-corrected chi connectivity index (χ4v) is 1.71.